The van der Waals surface area contributed by atoms with Crippen LogP contribution in [0.25, 0.3) is 16.7 Å². The highest BCUT2D eigenvalue weighted by Crippen LogP contribution is 2.26. The molecule has 7 heteroatoms. The molecule has 3 nitrogen and oxygen atoms in total. The SMILES string of the molecule is N#Cc1cc(-n2c(=S)[nH]c3cc(Br)c(F)cc32)ccc1F. The van der Waals surface area contributed by atoms with E-state index in [0.29, 0.717) is 26.0 Å². The maximum Gasteiger partial charge on any atom is 0.182 e. The predicted octanol–water partition coefficient (Wildman–Crippen LogP) is 4.60. The third-order valence-corrected chi connectivity index (χ3v) is 3.95. The van der Waals surface area contributed by atoms with Crippen LogP contribution >= 0.6 is 28.1 Å². The van der Waals surface area contributed by atoms with Gasteiger partial charge in [-0.2, -0.15) is 5.26 Å². The maximum atomic E-state index is 13.7. The first kappa shape index (κ1) is 13.9. The van der Waals surface area contributed by atoms with Crippen LogP contribution < -0.4 is 0 Å². The summed E-state index contributed by atoms with van der Waals surface area (Å²) in [5, 5.41) is 8.90. The number of nitrogens with one attached hydrogen (secondary N) is 1. The van der Waals surface area contributed by atoms with Gasteiger partial charge in [0.05, 0.1) is 21.1 Å². The van der Waals surface area contributed by atoms with Gasteiger partial charge in [-0.05, 0) is 52.4 Å². The first-order chi connectivity index (χ1) is 10.0. The van der Waals surface area contributed by atoms with Crippen LogP contribution in [0.2, 0.25) is 0 Å². The molecule has 0 unspecified atom stereocenters. The molecule has 0 atom stereocenters. The molecule has 0 aliphatic carbocycles. The van der Waals surface area contributed by atoms with Crippen LogP contribution in [0.3, 0.4) is 0 Å². The van der Waals surface area contributed by atoms with Crippen LogP contribution in [-0.4, -0.2) is 9.55 Å². The van der Waals surface area contributed by atoms with E-state index >= 15 is 0 Å². The summed E-state index contributed by atoms with van der Waals surface area (Å²) >= 11 is 8.33. The third-order valence-electron chi connectivity index (χ3n) is 3.05. The van der Waals surface area contributed by atoms with E-state index in [2.05, 4.69) is 20.9 Å². The van der Waals surface area contributed by atoms with Gasteiger partial charge in [0.2, 0.25) is 0 Å². The van der Waals surface area contributed by atoms with Gasteiger partial charge in [-0.3, -0.25) is 4.57 Å². The Kier molecular flexibility index (Phi) is 3.35. The van der Waals surface area contributed by atoms with Crippen molar-refractivity contribution in [1.29, 1.82) is 5.26 Å². The molecule has 0 radical (unpaired) electrons. The lowest BCUT2D eigenvalue weighted by atomic mass is 10.2. The average Bonchev–Trinajstić information content (AvgIpc) is 2.75. The molecule has 0 fully saturated rings. The van der Waals surface area contributed by atoms with Crippen molar-refractivity contribution in [3.63, 3.8) is 0 Å². The average molecular weight is 366 g/mol. The van der Waals surface area contributed by atoms with E-state index in [4.69, 9.17) is 17.5 Å². The smallest absolute Gasteiger partial charge is 0.182 e. The first-order valence-electron chi connectivity index (χ1n) is 5.81. The first-order valence-corrected chi connectivity index (χ1v) is 7.01. The third kappa shape index (κ3) is 2.26. The number of imidazole rings is 1. The van der Waals surface area contributed by atoms with Crippen molar-refractivity contribution in [2.45, 2.75) is 0 Å². The van der Waals surface area contributed by atoms with E-state index in [-0.39, 0.29) is 5.56 Å². The van der Waals surface area contributed by atoms with Gasteiger partial charge in [0.15, 0.2) is 4.77 Å². The minimum absolute atomic E-state index is 0.0960. The highest BCUT2D eigenvalue weighted by molar-refractivity contribution is 9.10. The zero-order chi connectivity index (χ0) is 15.1. The van der Waals surface area contributed by atoms with E-state index in [9.17, 15) is 8.78 Å². The van der Waals surface area contributed by atoms with Crippen molar-refractivity contribution in [2.24, 2.45) is 0 Å². The summed E-state index contributed by atoms with van der Waals surface area (Å²) in [4.78, 5) is 2.95. The summed E-state index contributed by atoms with van der Waals surface area (Å²) in [6.07, 6.45) is 0. The van der Waals surface area contributed by atoms with Gasteiger partial charge >= 0.3 is 0 Å². The molecule has 0 aliphatic rings. The predicted molar refractivity (Wildman–Crippen MR) is 80.8 cm³/mol. The number of hydrogen-bond acceptors (Lipinski definition) is 2. The number of aromatic amines is 1. The molecule has 1 aromatic heterocycles. The Morgan fingerprint density at radius 1 is 1.19 bits per heavy atom. The number of fused-ring (bicyclic) bond motifs is 1. The van der Waals surface area contributed by atoms with Crippen molar-refractivity contribution in [1.82, 2.24) is 9.55 Å². The molecule has 0 saturated carbocycles. The van der Waals surface area contributed by atoms with Crippen LogP contribution in [0, 0.1) is 27.7 Å². The van der Waals surface area contributed by atoms with Gasteiger partial charge in [0.25, 0.3) is 0 Å². The summed E-state index contributed by atoms with van der Waals surface area (Å²) < 4.78 is 29.4. The molecular weight excluding hydrogens is 360 g/mol. The second-order valence-electron chi connectivity index (χ2n) is 4.32. The largest absolute Gasteiger partial charge is 0.330 e. The van der Waals surface area contributed by atoms with Gasteiger partial charge in [-0.25, -0.2) is 8.78 Å². The Hall–Kier alpha value is -2.04. The summed E-state index contributed by atoms with van der Waals surface area (Å²) in [5.41, 5.74) is 1.54. The van der Waals surface area contributed by atoms with Crippen LogP contribution in [0.1, 0.15) is 5.56 Å². The van der Waals surface area contributed by atoms with Crippen LogP contribution in [0.15, 0.2) is 34.8 Å². The van der Waals surface area contributed by atoms with Crippen LogP contribution in [0.5, 0.6) is 0 Å². The monoisotopic (exact) mass is 365 g/mol. The number of nitriles is 1. The van der Waals surface area contributed by atoms with Gasteiger partial charge in [-0.1, -0.05) is 0 Å². The lowest BCUT2D eigenvalue weighted by Crippen LogP contribution is -1.96. The zero-order valence-electron chi connectivity index (χ0n) is 10.3. The lowest BCUT2D eigenvalue weighted by molar-refractivity contribution is 0.621. The summed E-state index contributed by atoms with van der Waals surface area (Å²) in [7, 11) is 0. The van der Waals surface area contributed by atoms with E-state index in [1.807, 2.05) is 0 Å². The van der Waals surface area contributed by atoms with Crippen molar-refractivity contribution in [3.05, 3.63) is 56.8 Å². The van der Waals surface area contributed by atoms with Crippen molar-refractivity contribution in [2.75, 3.05) is 0 Å². The molecule has 0 amide bonds. The number of aromatic nitrogens is 2. The molecule has 1 N–H and O–H groups in total. The Morgan fingerprint density at radius 2 is 1.95 bits per heavy atom. The quantitative estimate of drug-likeness (QED) is 0.640. The fourth-order valence-corrected chi connectivity index (χ4v) is 2.75. The van der Waals surface area contributed by atoms with E-state index in [1.165, 1.54) is 24.3 Å². The van der Waals surface area contributed by atoms with E-state index in [1.54, 1.807) is 16.7 Å². The molecule has 104 valence electrons. The number of hydrogen-bond donors (Lipinski definition) is 1. The van der Waals surface area contributed by atoms with Gasteiger partial charge < -0.3 is 4.98 Å². The lowest BCUT2D eigenvalue weighted by Gasteiger charge is -2.06. The molecule has 3 aromatic rings. The molecular formula is C14H6BrF2N3S. The highest BCUT2D eigenvalue weighted by atomic mass is 79.9. The maximum absolute atomic E-state index is 13.7. The fourth-order valence-electron chi connectivity index (χ4n) is 2.10. The summed E-state index contributed by atoms with van der Waals surface area (Å²) in [5.74, 6) is -1.05. The topological polar surface area (TPSA) is 44.5 Å². The molecule has 0 spiro atoms. The van der Waals surface area contributed by atoms with Gasteiger partial charge in [0.1, 0.15) is 17.7 Å². The summed E-state index contributed by atoms with van der Waals surface area (Å²) in [6.45, 7) is 0. The van der Waals surface area contributed by atoms with Crippen molar-refractivity contribution < 1.29 is 8.78 Å². The minimum Gasteiger partial charge on any atom is -0.330 e. The molecule has 0 bridgehead atoms. The molecule has 1 heterocycles. The van der Waals surface area contributed by atoms with Gasteiger partial charge in [-0.15, -0.1) is 0 Å². The number of H-pyrrole nitrogens is 1. The summed E-state index contributed by atoms with van der Waals surface area (Å²) in [6, 6.07) is 8.71. The zero-order valence-corrected chi connectivity index (χ0v) is 12.7. The number of halogens is 3. The molecule has 21 heavy (non-hydrogen) atoms. The van der Waals surface area contributed by atoms with Crippen LogP contribution in [0.4, 0.5) is 8.78 Å². The second kappa shape index (κ2) is 5.06. The van der Waals surface area contributed by atoms with E-state index in [0.717, 1.165) is 0 Å². The normalized spacial score (nSPS) is 10.8. The Morgan fingerprint density at radius 3 is 2.67 bits per heavy atom. The fraction of sp³-hybridized carbons (Fsp3) is 0. The molecule has 2 aromatic carbocycles. The van der Waals surface area contributed by atoms with Crippen LogP contribution in [-0.2, 0) is 0 Å². The second-order valence-corrected chi connectivity index (χ2v) is 5.57. The standard InChI is InChI=1S/C14H6BrF2N3S/c15-9-4-12-13(5-11(9)17)20(14(21)19-12)8-1-2-10(16)7(3-8)6-18/h1-5H,(H,19,21). The van der Waals surface area contributed by atoms with Gasteiger partial charge in [0, 0.05) is 11.8 Å². The number of rotatable bonds is 1. The molecule has 0 aliphatic heterocycles. The van der Waals surface area contributed by atoms with Crippen molar-refractivity contribution >= 4 is 39.2 Å². The molecule has 0 saturated heterocycles. The number of nitrogens with zero attached hydrogens (tertiary/aromatic N) is 2. The van der Waals surface area contributed by atoms with E-state index < -0.39 is 11.6 Å². The van der Waals surface area contributed by atoms with Crippen molar-refractivity contribution in [3.8, 4) is 11.8 Å². The Labute approximate surface area is 131 Å². The highest BCUT2D eigenvalue weighted by Gasteiger charge is 2.12. The Bertz CT molecular complexity index is 969. The molecule has 3 rings (SSSR count). The minimum atomic E-state index is -0.610. The number of benzene rings is 2. The Balaban J connectivity index is 2.35.